The van der Waals surface area contributed by atoms with Crippen LogP contribution < -0.4 is 20.3 Å². The van der Waals surface area contributed by atoms with E-state index in [0.717, 1.165) is 22.5 Å². The Morgan fingerprint density at radius 2 is 1.94 bits per heavy atom. The minimum atomic E-state index is -0.0436. The van der Waals surface area contributed by atoms with E-state index in [-0.39, 0.29) is 18.5 Å². The van der Waals surface area contributed by atoms with Gasteiger partial charge in [-0.05, 0) is 24.3 Å². The van der Waals surface area contributed by atoms with E-state index in [0.29, 0.717) is 23.3 Å². The highest BCUT2D eigenvalue weighted by molar-refractivity contribution is 5.98. The minimum absolute atomic E-state index is 0.0436. The van der Waals surface area contributed by atoms with E-state index >= 15 is 0 Å². The number of amides is 1. The molecule has 2 heterocycles. The molecule has 0 fully saturated rings. The number of nitrogens with zero attached hydrogens (tertiary/aromatic N) is 3. The van der Waals surface area contributed by atoms with Crippen LogP contribution >= 0.6 is 0 Å². The van der Waals surface area contributed by atoms with Crippen LogP contribution in [0, 0.1) is 0 Å². The molecule has 0 aliphatic rings. The smallest absolute Gasteiger partial charge is 0.299 e. The summed E-state index contributed by atoms with van der Waals surface area (Å²) in [6, 6.07) is 13.7. The Bertz CT molecular complexity index is 1250. The average molecular weight is 462 g/mol. The minimum Gasteiger partial charge on any atom is -0.496 e. The number of methoxy groups -OCH3 is 1. The number of aromatic nitrogens is 2. The van der Waals surface area contributed by atoms with Crippen LogP contribution in [0.25, 0.3) is 22.6 Å². The average Bonchev–Trinajstić information content (AvgIpc) is 3.54. The highest BCUT2D eigenvalue weighted by Crippen LogP contribution is 2.35. The van der Waals surface area contributed by atoms with E-state index < -0.39 is 0 Å². The third-order valence-corrected chi connectivity index (χ3v) is 5.22. The number of hydrogen-bond donors (Lipinski definition) is 2. The SMILES string of the molecule is COc1cc(Nc2ncc(-c3ccccc3N(C)C(=O)CNC(C)C)o2)ccc1-c1cnco1. The number of hydrogen-bond acceptors (Lipinski definition) is 8. The zero-order valence-electron chi connectivity index (χ0n) is 19.5. The second-order valence-electron chi connectivity index (χ2n) is 7.94. The molecule has 9 nitrogen and oxygen atoms in total. The number of ether oxygens (including phenoxy) is 1. The Kier molecular flexibility index (Phi) is 6.93. The van der Waals surface area contributed by atoms with E-state index in [1.165, 1.54) is 6.39 Å². The predicted molar refractivity (Wildman–Crippen MR) is 130 cm³/mol. The van der Waals surface area contributed by atoms with Gasteiger partial charge in [0, 0.05) is 30.4 Å². The van der Waals surface area contributed by atoms with Gasteiger partial charge in [0.05, 0.1) is 37.3 Å². The first-order valence-electron chi connectivity index (χ1n) is 10.9. The number of oxazole rings is 2. The van der Waals surface area contributed by atoms with Gasteiger partial charge < -0.3 is 29.1 Å². The zero-order valence-corrected chi connectivity index (χ0v) is 19.5. The molecule has 0 aliphatic carbocycles. The number of nitrogens with one attached hydrogen (secondary N) is 2. The highest BCUT2D eigenvalue weighted by Gasteiger charge is 2.18. The number of carbonyl (C=O) groups excluding carboxylic acids is 1. The third-order valence-electron chi connectivity index (χ3n) is 5.22. The van der Waals surface area contributed by atoms with Gasteiger partial charge in [-0.1, -0.05) is 26.0 Å². The van der Waals surface area contributed by atoms with Crippen molar-refractivity contribution in [3.63, 3.8) is 0 Å². The molecular weight excluding hydrogens is 434 g/mol. The molecule has 0 aliphatic heterocycles. The highest BCUT2D eigenvalue weighted by atomic mass is 16.5. The van der Waals surface area contributed by atoms with Crippen LogP contribution in [0.15, 0.2) is 70.1 Å². The molecule has 2 aromatic heterocycles. The first-order valence-corrected chi connectivity index (χ1v) is 10.9. The Balaban J connectivity index is 1.54. The molecule has 2 aromatic carbocycles. The largest absolute Gasteiger partial charge is 0.496 e. The molecule has 2 N–H and O–H groups in total. The van der Waals surface area contributed by atoms with E-state index in [4.69, 9.17) is 13.6 Å². The molecule has 176 valence electrons. The molecule has 0 bridgehead atoms. The molecule has 9 heteroatoms. The quantitative estimate of drug-likeness (QED) is 0.369. The molecule has 4 rings (SSSR count). The van der Waals surface area contributed by atoms with Crippen molar-refractivity contribution in [1.82, 2.24) is 15.3 Å². The molecule has 0 spiro atoms. The second-order valence-corrected chi connectivity index (χ2v) is 7.94. The Hall–Kier alpha value is -4.11. The summed E-state index contributed by atoms with van der Waals surface area (Å²) < 4.78 is 16.8. The van der Waals surface area contributed by atoms with Gasteiger partial charge in [-0.2, -0.15) is 0 Å². The Labute approximate surface area is 197 Å². The van der Waals surface area contributed by atoms with E-state index in [9.17, 15) is 4.79 Å². The van der Waals surface area contributed by atoms with Crippen LogP contribution in [0.5, 0.6) is 5.75 Å². The lowest BCUT2D eigenvalue weighted by Crippen LogP contribution is -2.38. The van der Waals surface area contributed by atoms with Gasteiger partial charge >= 0.3 is 0 Å². The Morgan fingerprint density at radius 1 is 1.12 bits per heavy atom. The van der Waals surface area contributed by atoms with Crippen LogP contribution in [0.1, 0.15) is 13.8 Å². The van der Waals surface area contributed by atoms with Gasteiger partial charge in [-0.3, -0.25) is 4.79 Å². The van der Waals surface area contributed by atoms with Crippen molar-refractivity contribution in [2.45, 2.75) is 19.9 Å². The molecule has 0 unspecified atom stereocenters. The molecule has 0 saturated carbocycles. The van der Waals surface area contributed by atoms with Crippen molar-refractivity contribution in [3.05, 3.63) is 61.3 Å². The summed E-state index contributed by atoms with van der Waals surface area (Å²) in [5.41, 5.74) is 3.02. The van der Waals surface area contributed by atoms with Crippen molar-refractivity contribution in [1.29, 1.82) is 0 Å². The van der Waals surface area contributed by atoms with Gasteiger partial charge in [0.1, 0.15) is 5.75 Å². The topological polar surface area (TPSA) is 106 Å². The van der Waals surface area contributed by atoms with Crippen LogP contribution in [0.3, 0.4) is 0 Å². The maximum Gasteiger partial charge on any atom is 0.299 e. The summed E-state index contributed by atoms with van der Waals surface area (Å²) in [6.07, 6.45) is 4.63. The maximum atomic E-state index is 12.6. The van der Waals surface area contributed by atoms with Crippen molar-refractivity contribution in [2.24, 2.45) is 0 Å². The fourth-order valence-corrected chi connectivity index (χ4v) is 3.42. The molecular formula is C25H27N5O4. The van der Waals surface area contributed by atoms with Gasteiger partial charge in [-0.15, -0.1) is 0 Å². The lowest BCUT2D eigenvalue weighted by atomic mass is 10.1. The summed E-state index contributed by atoms with van der Waals surface area (Å²) in [5.74, 6) is 1.73. The lowest BCUT2D eigenvalue weighted by molar-refractivity contribution is -0.117. The first kappa shape index (κ1) is 23.1. The molecule has 1 amide bonds. The summed E-state index contributed by atoms with van der Waals surface area (Å²) in [5, 5.41) is 6.30. The molecule has 0 atom stereocenters. The van der Waals surface area contributed by atoms with Crippen molar-refractivity contribution >= 4 is 23.3 Å². The number of para-hydroxylation sites is 1. The molecule has 0 radical (unpaired) electrons. The molecule has 0 saturated heterocycles. The second kappa shape index (κ2) is 10.2. The summed E-state index contributed by atoms with van der Waals surface area (Å²) in [6.45, 7) is 4.25. The number of benzene rings is 2. The number of anilines is 3. The molecule has 34 heavy (non-hydrogen) atoms. The van der Waals surface area contributed by atoms with Gasteiger partial charge in [0.15, 0.2) is 17.9 Å². The monoisotopic (exact) mass is 461 g/mol. The standard InChI is InChI=1S/C25H27N5O4/c1-16(2)27-14-24(31)30(3)20-8-6-5-7-18(20)23-13-28-25(34-23)29-17-9-10-19(21(11-17)32-4)22-12-26-15-33-22/h5-13,15-16,27H,14H2,1-4H3,(H,28,29). The van der Waals surface area contributed by atoms with Crippen LogP contribution in [0.4, 0.5) is 17.4 Å². The third kappa shape index (κ3) is 5.10. The van der Waals surface area contributed by atoms with Gasteiger partial charge in [0.25, 0.3) is 6.01 Å². The normalized spacial score (nSPS) is 11.0. The maximum absolute atomic E-state index is 12.6. The van der Waals surface area contributed by atoms with Gasteiger partial charge in [-0.25, -0.2) is 9.97 Å². The van der Waals surface area contributed by atoms with E-state index in [2.05, 4.69) is 20.6 Å². The van der Waals surface area contributed by atoms with Crippen LogP contribution in [-0.2, 0) is 4.79 Å². The lowest BCUT2D eigenvalue weighted by Gasteiger charge is -2.20. The summed E-state index contributed by atoms with van der Waals surface area (Å²) >= 11 is 0. The van der Waals surface area contributed by atoms with Crippen LogP contribution in [-0.4, -0.2) is 42.6 Å². The van der Waals surface area contributed by atoms with E-state index in [1.54, 1.807) is 31.5 Å². The predicted octanol–water partition coefficient (Wildman–Crippen LogP) is 4.71. The van der Waals surface area contributed by atoms with Crippen LogP contribution in [0.2, 0.25) is 0 Å². The number of carbonyl (C=O) groups is 1. The number of likely N-dealkylation sites (N-methyl/N-ethyl adjacent to an activating group) is 1. The van der Waals surface area contributed by atoms with Crippen molar-refractivity contribution < 1.29 is 18.4 Å². The van der Waals surface area contributed by atoms with Gasteiger partial charge in [0.2, 0.25) is 5.91 Å². The van der Waals surface area contributed by atoms with E-state index in [1.807, 2.05) is 56.3 Å². The summed E-state index contributed by atoms with van der Waals surface area (Å²) in [4.78, 5) is 22.6. The first-order chi connectivity index (χ1) is 16.5. The van der Waals surface area contributed by atoms with Crippen molar-refractivity contribution in [3.8, 4) is 28.4 Å². The Morgan fingerprint density at radius 3 is 2.68 bits per heavy atom. The molecule has 4 aromatic rings. The fourth-order valence-electron chi connectivity index (χ4n) is 3.42. The zero-order chi connectivity index (χ0) is 24.1. The van der Waals surface area contributed by atoms with Crippen molar-refractivity contribution in [2.75, 3.05) is 30.9 Å². The summed E-state index contributed by atoms with van der Waals surface area (Å²) in [7, 11) is 3.34. The number of rotatable bonds is 9. The fraction of sp³-hybridized carbons (Fsp3) is 0.240.